The van der Waals surface area contributed by atoms with Crippen LogP contribution >= 0.6 is 0 Å². The summed E-state index contributed by atoms with van der Waals surface area (Å²) >= 11 is 0. The van der Waals surface area contributed by atoms with Crippen LogP contribution in [0.5, 0.6) is 0 Å². The van der Waals surface area contributed by atoms with Crippen molar-refractivity contribution in [3.63, 3.8) is 0 Å². The maximum absolute atomic E-state index is 11.5. The molecule has 2 aromatic heterocycles. The lowest BCUT2D eigenvalue weighted by atomic mass is 10.3. The zero-order chi connectivity index (χ0) is 13.9. The highest BCUT2D eigenvalue weighted by Gasteiger charge is 2.19. The first-order valence-electron chi connectivity index (χ1n) is 6.61. The molecule has 0 spiro atoms. The van der Waals surface area contributed by atoms with Crippen molar-refractivity contribution in [3.05, 3.63) is 24.1 Å². The molecule has 0 atom stereocenters. The summed E-state index contributed by atoms with van der Waals surface area (Å²) in [6.45, 7) is 4.29. The van der Waals surface area contributed by atoms with E-state index in [1.165, 1.54) is 0 Å². The summed E-state index contributed by atoms with van der Waals surface area (Å²) in [5.41, 5.74) is 0.694. The van der Waals surface area contributed by atoms with Gasteiger partial charge in [0.1, 0.15) is 11.5 Å². The molecular formula is C13H16N4O3. The van der Waals surface area contributed by atoms with Gasteiger partial charge in [-0.25, -0.2) is 9.48 Å². The zero-order valence-corrected chi connectivity index (χ0v) is 11.3. The number of cyclic esters (lactones) is 1. The predicted octanol–water partition coefficient (Wildman–Crippen LogP) is 1.69. The van der Waals surface area contributed by atoms with Crippen LogP contribution in [-0.4, -0.2) is 45.7 Å². The van der Waals surface area contributed by atoms with E-state index in [-0.39, 0.29) is 6.09 Å². The molecule has 1 fully saturated rings. The molecule has 2 aromatic rings. The van der Waals surface area contributed by atoms with Crippen molar-refractivity contribution in [3.8, 4) is 11.5 Å². The van der Waals surface area contributed by atoms with Crippen molar-refractivity contribution < 1.29 is 13.9 Å². The second-order valence-electron chi connectivity index (χ2n) is 4.73. The van der Waals surface area contributed by atoms with E-state index < -0.39 is 0 Å². The average Bonchev–Trinajstić information content (AvgIpc) is 3.06. The Morgan fingerprint density at radius 3 is 3.00 bits per heavy atom. The van der Waals surface area contributed by atoms with E-state index in [9.17, 15) is 4.79 Å². The maximum atomic E-state index is 11.5. The van der Waals surface area contributed by atoms with Gasteiger partial charge in [0.2, 0.25) is 0 Å². The monoisotopic (exact) mass is 276 g/mol. The molecule has 0 unspecified atom stereocenters. The number of hydrogen-bond acceptors (Lipinski definition) is 5. The molecule has 1 aliphatic rings. The number of nitrogens with zero attached hydrogens (tertiary/aromatic N) is 4. The standard InChI is InChI=1S/C13H16N4O3/c1-10-3-4-12(20-10)11-9-17(15-14-11)7-6-16-5-2-8-19-13(16)18/h3-4,9H,2,5-8H2,1H3. The van der Waals surface area contributed by atoms with Crippen LogP contribution in [0.2, 0.25) is 0 Å². The molecule has 0 bridgehead atoms. The van der Waals surface area contributed by atoms with Gasteiger partial charge in [-0.3, -0.25) is 0 Å². The van der Waals surface area contributed by atoms with Crippen LogP contribution in [0.15, 0.2) is 22.7 Å². The third kappa shape index (κ3) is 2.66. The van der Waals surface area contributed by atoms with Gasteiger partial charge in [0.25, 0.3) is 0 Å². The van der Waals surface area contributed by atoms with E-state index in [2.05, 4.69) is 10.3 Å². The fourth-order valence-electron chi connectivity index (χ4n) is 2.12. The summed E-state index contributed by atoms with van der Waals surface area (Å²) in [6.07, 6.45) is 2.44. The molecule has 0 aromatic carbocycles. The smallest absolute Gasteiger partial charge is 0.409 e. The van der Waals surface area contributed by atoms with E-state index in [1.54, 1.807) is 9.58 Å². The van der Waals surface area contributed by atoms with Gasteiger partial charge >= 0.3 is 6.09 Å². The van der Waals surface area contributed by atoms with Crippen LogP contribution in [0.1, 0.15) is 12.2 Å². The highest BCUT2D eigenvalue weighted by atomic mass is 16.6. The van der Waals surface area contributed by atoms with Gasteiger partial charge in [0.05, 0.1) is 19.3 Å². The Balaban J connectivity index is 1.61. The third-order valence-electron chi connectivity index (χ3n) is 3.19. The zero-order valence-electron chi connectivity index (χ0n) is 11.3. The molecule has 1 amide bonds. The highest BCUT2D eigenvalue weighted by molar-refractivity contribution is 5.68. The Bertz CT molecular complexity index is 604. The molecule has 0 saturated carbocycles. The summed E-state index contributed by atoms with van der Waals surface area (Å²) < 4.78 is 12.2. The van der Waals surface area contributed by atoms with Gasteiger partial charge in [-0.2, -0.15) is 0 Å². The van der Waals surface area contributed by atoms with Gasteiger partial charge in [0, 0.05) is 13.1 Å². The number of carbonyl (C=O) groups is 1. The predicted molar refractivity (Wildman–Crippen MR) is 70.0 cm³/mol. The van der Waals surface area contributed by atoms with Crippen LogP contribution in [0.25, 0.3) is 11.5 Å². The van der Waals surface area contributed by atoms with Gasteiger partial charge in [-0.15, -0.1) is 5.10 Å². The minimum atomic E-state index is -0.252. The van der Waals surface area contributed by atoms with Crippen molar-refractivity contribution in [2.75, 3.05) is 19.7 Å². The van der Waals surface area contributed by atoms with Crippen LogP contribution in [-0.2, 0) is 11.3 Å². The number of furan rings is 1. The Hall–Kier alpha value is -2.31. The second kappa shape index (κ2) is 5.36. The van der Waals surface area contributed by atoms with E-state index in [0.717, 1.165) is 18.7 Å². The Morgan fingerprint density at radius 2 is 2.25 bits per heavy atom. The number of hydrogen-bond donors (Lipinski definition) is 0. The van der Waals surface area contributed by atoms with Crippen LogP contribution in [0.4, 0.5) is 4.79 Å². The molecule has 1 saturated heterocycles. The van der Waals surface area contributed by atoms with Gasteiger partial charge < -0.3 is 14.1 Å². The topological polar surface area (TPSA) is 73.4 Å². The first kappa shape index (κ1) is 12.7. The summed E-state index contributed by atoms with van der Waals surface area (Å²) in [5.74, 6) is 1.54. The largest absolute Gasteiger partial charge is 0.460 e. The summed E-state index contributed by atoms with van der Waals surface area (Å²) in [5, 5.41) is 8.11. The molecule has 0 radical (unpaired) electrons. The second-order valence-corrected chi connectivity index (χ2v) is 4.73. The molecule has 7 heteroatoms. The Morgan fingerprint density at radius 1 is 1.35 bits per heavy atom. The molecule has 20 heavy (non-hydrogen) atoms. The number of aromatic nitrogens is 3. The van der Waals surface area contributed by atoms with Crippen LogP contribution in [0.3, 0.4) is 0 Å². The highest BCUT2D eigenvalue weighted by Crippen LogP contribution is 2.18. The van der Waals surface area contributed by atoms with Crippen molar-refractivity contribution in [2.45, 2.75) is 19.9 Å². The SMILES string of the molecule is Cc1ccc(-c2cn(CCN3CCCOC3=O)nn2)o1. The van der Waals surface area contributed by atoms with Gasteiger partial charge in [0.15, 0.2) is 5.76 Å². The van der Waals surface area contributed by atoms with E-state index >= 15 is 0 Å². The maximum Gasteiger partial charge on any atom is 0.409 e. The Kier molecular flexibility index (Phi) is 3.41. The third-order valence-corrected chi connectivity index (χ3v) is 3.19. The van der Waals surface area contributed by atoms with E-state index in [0.29, 0.717) is 31.2 Å². The molecule has 3 rings (SSSR count). The van der Waals surface area contributed by atoms with E-state index in [4.69, 9.17) is 9.15 Å². The van der Waals surface area contributed by atoms with E-state index in [1.807, 2.05) is 25.3 Å². The molecule has 3 heterocycles. The quantitative estimate of drug-likeness (QED) is 0.849. The normalized spacial score (nSPS) is 15.4. The first-order chi connectivity index (χ1) is 9.72. The van der Waals surface area contributed by atoms with Crippen LogP contribution in [0, 0.1) is 6.92 Å². The number of ether oxygens (including phenoxy) is 1. The summed E-state index contributed by atoms with van der Waals surface area (Å²) in [4.78, 5) is 13.2. The first-order valence-corrected chi connectivity index (χ1v) is 6.61. The minimum absolute atomic E-state index is 0.252. The number of aryl methyl sites for hydroxylation is 1. The fraction of sp³-hybridized carbons (Fsp3) is 0.462. The summed E-state index contributed by atoms with van der Waals surface area (Å²) in [7, 11) is 0. The minimum Gasteiger partial charge on any atom is -0.460 e. The van der Waals surface area contributed by atoms with Crippen molar-refractivity contribution in [1.82, 2.24) is 19.9 Å². The molecular weight excluding hydrogens is 260 g/mol. The summed E-state index contributed by atoms with van der Waals surface area (Å²) in [6, 6.07) is 3.75. The lowest BCUT2D eigenvalue weighted by molar-refractivity contribution is 0.0712. The van der Waals surface area contributed by atoms with Crippen molar-refractivity contribution in [1.29, 1.82) is 0 Å². The molecule has 0 N–H and O–H groups in total. The van der Waals surface area contributed by atoms with Crippen LogP contribution < -0.4 is 0 Å². The van der Waals surface area contributed by atoms with Crippen molar-refractivity contribution in [2.24, 2.45) is 0 Å². The number of rotatable bonds is 4. The molecule has 7 nitrogen and oxygen atoms in total. The van der Waals surface area contributed by atoms with Gasteiger partial charge in [-0.1, -0.05) is 5.21 Å². The molecule has 1 aliphatic heterocycles. The average molecular weight is 276 g/mol. The lowest BCUT2D eigenvalue weighted by Crippen LogP contribution is -2.39. The fourth-order valence-corrected chi connectivity index (χ4v) is 2.12. The molecule has 0 aliphatic carbocycles. The lowest BCUT2D eigenvalue weighted by Gasteiger charge is -2.25. The van der Waals surface area contributed by atoms with Crippen molar-refractivity contribution >= 4 is 6.09 Å². The molecule has 106 valence electrons. The Labute approximate surface area is 116 Å². The number of carbonyl (C=O) groups excluding carboxylic acids is 1. The number of amides is 1. The van der Waals surface area contributed by atoms with Gasteiger partial charge in [-0.05, 0) is 25.5 Å².